The van der Waals surface area contributed by atoms with E-state index in [9.17, 15) is 9.18 Å². The molecule has 5 nitrogen and oxygen atoms in total. The second-order valence-corrected chi connectivity index (χ2v) is 2.54. The highest BCUT2D eigenvalue weighted by Gasteiger charge is 2.10. The van der Waals surface area contributed by atoms with Crippen molar-refractivity contribution in [3.05, 3.63) is 35.1 Å². The number of halogens is 1. The largest absolute Gasteiger partial charge is 0.409 e. The van der Waals surface area contributed by atoms with Crippen LogP contribution < -0.4 is 11.5 Å². The van der Waals surface area contributed by atoms with Gasteiger partial charge >= 0.3 is 0 Å². The van der Waals surface area contributed by atoms with Crippen molar-refractivity contribution in [2.75, 3.05) is 0 Å². The highest BCUT2D eigenvalue weighted by molar-refractivity contribution is 6.00. The van der Waals surface area contributed by atoms with Crippen molar-refractivity contribution in [2.24, 2.45) is 16.6 Å². The maximum Gasteiger partial charge on any atom is 0.248 e. The van der Waals surface area contributed by atoms with Gasteiger partial charge in [0.15, 0.2) is 5.84 Å². The summed E-state index contributed by atoms with van der Waals surface area (Å²) in [4.78, 5) is 10.7. The van der Waals surface area contributed by atoms with E-state index < -0.39 is 17.6 Å². The standard InChI is InChI=1S/C8H8FN3O2/c9-6-2-1-4(8(11)13)3-5(6)7(10)12-14/h1-3,14H,(H2,10,12)(H2,11,13). The Labute approximate surface area is 78.8 Å². The third-order valence-electron chi connectivity index (χ3n) is 1.63. The van der Waals surface area contributed by atoms with E-state index in [0.717, 1.165) is 12.1 Å². The molecule has 5 N–H and O–H groups in total. The average molecular weight is 197 g/mol. The van der Waals surface area contributed by atoms with Gasteiger partial charge in [-0.15, -0.1) is 0 Å². The number of benzene rings is 1. The lowest BCUT2D eigenvalue weighted by Gasteiger charge is -2.02. The molecule has 6 heteroatoms. The number of nitrogens with two attached hydrogens (primary N) is 2. The second-order valence-electron chi connectivity index (χ2n) is 2.54. The molecule has 1 aromatic rings. The predicted molar refractivity (Wildman–Crippen MR) is 47.4 cm³/mol. The van der Waals surface area contributed by atoms with E-state index >= 15 is 0 Å². The highest BCUT2D eigenvalue weighted by atomic mass is 19.1. The molecule has 0 saturated heterocycles. The van der Waals surface area contributed by atoms with Crippen LogP contribution >= 0.6 is 0 Å². The number of amides is 1. The second kappa shape index (κ2) is 3.73. The van der Waals surface area contributed by atoms with Crippen LogP contribution in [0.3, 0.4) is 0 Å². The van der Waals surface area contributed by atoms with Crippen LogP contribution in [0.2, 0.25) is 0 Å². The number of oxime groups is 1. The Bertz CT molecular complexity index is 404. The molecule has 14 heavy (non-hydrogen) atoms. The molecule has 0 heterocycles. The van der Waals surface area contributed by atoms with Crippen molar-refractivity contribution >= 4 is 11.7 Å². The van der Waals surface area contributed by atoms with E-state index in [2.05, 4.69) is 5.16 Å². The van der Waals surface area contributed by atoms with Gasteiger partial charge in [-0.05, 0) is 18.2 Å². The molecule has 0 unspecified atom stereocenters. The number of rotatable bonds is 2. The molecule has 0 spiro atoms. The average Bonchev–Trinajstić information content (AvgIpc) is 2.17. The number of amidine groups is 1. The summed E-state index contributed by atoms with van der Waals surface area (Å²) in [5, 5.41) is 10.9. The molecule has 0 radical (unpaired) electrons. The zero-order valence-corrected chi connectivity index (χ0v) is 7.07. The lowest BCUT2D eigenvalue weighted by atomic mass is 10.1. The summed E-state index contributed by atoms with van der Waals surface area (Å²) >= 11 is 0. The fourth-order valence-corrected chi connectivity index (χ4v) is 0.929. The van der Waals surface area contributed by atoms with Crippen LogP contribution in [-0.4, -0.2) is 17.0 Å². The molecule has 0 aliphatic rings. The zero-order valence-electron chi connectivity index (χ0n) is 7.07. The Morgan fingerprint density at radius 3 is 2.57 bits per heavy atom. The minimum atomic E-state index is -0.711. The van der Waals surface area contributed by atoms with Crippen LogP contribution in [0.1, 0.15) is 15.9 Å². The van der Waals surface area contributed by atoms with Gasteiger partial charge in [0, 0.05) is 5.56 Å². The number of hydrogen-bond acceptors (Lipinski definition) is 3. The van der Waals surface area contributed by atoms with Crippen molar-refractivity contribution < 1.29 is 14.4 Å². The lowest BCUT2D eigenvalue weighted by molar-refractivity contribution is 0.1000. The molecular formula is C8H8FN3O2. The van der Waals surface area contributed by atoms with E-state index in [0.29, 0.717) is 0 Å². The molecular weight excluding hydrogens is 189 g/mol. The van der Waals surface area contributed by atoms with Crippen molar-refractivity contribution in [1.29, 1.82) is 0 Å². The maximum absolute atomic E-state index is 13.0. The zero-order chi connectivity index (χ0) is 10.7. The molecule has 74 valence electrons. The molecule has 0 bridgehead atoms. The fourth-order valence-electron chi connectivity index (χ4n) is 0.929. The van der Waals surface area contributed by atoms with E-state index in [1.165, 1.54) is 6.07 Å². The Hall–Kier alpha value is -2.11. The van der Waals surface area contributed by atoms with E-state index in [-0.39, 0.29) is 11.1 Å². The van der Waals surface area contributed by atoms with Gasteiger partial charge < -0.3 is 16.7 Å². The van der Waals surface area contributed by atoms with Gasteiger partial charge in [-0.2, -0.15) is 0 Å². The van der Waals surface area contributed by atoms with Crippen LogP contribution in [-0.2, 0) is 0 Å². The summed E-state index contributed by atoms with van der Waals surface area (Å²) in [5.74, 6) is -1.81. The van der Waals surface area contributed by atoms with Crippen LogP contribution in [0, 0.1) is 5.82 Å². The third kappa shape index (κ3) is 1.79. The van der Waals surface area contributed by atoms with Crippen LogP contribution in [0.25, 0.3) is 0 Å². The van der Waals surface area contributed by atoms with Crippen molar-refractivity contribution in [1.82, 2.24) is 0 Å². The monoisotopic (exact) mass is 197 g/mol. The summed E-state index contributed by atoms with van der Waals surface area (Å²) in [6, 6.07) is 3.35. The highest BCUT2D eigenvalue weighted by Crippen LogP contribution is 2.09. The van der Waals surface area contributed by atoms with Crippen LogP contribution in [0.4, 0.5) is 4.39 Å². The van der Waals surface area contributed by atoms with Gasteiger partial charge in [0.1, 0.15) is 5.82 Å². The van der Waals surface area contributed by atoms with Crippen LogP contribution in [0.5, 0.6) is 0 Å². The summed E-state index contributed by atoms with van der Waals surface area (Å²) in [6.07, 6.45) is 0. The lowest BCUT2D eigenvalue weighted by Crippen LogP contribution is -2.18. The summed E-state index contributed by atoms with van der Waals surface area (Å²) in [5.41, 5.74) is 10.1. The molecule has 1 aromatic carbocycles. The van der Waals surface area contributed by atoms with Crippen LogP contribution in [0.15, 0.2) is 23.4 Å². The topological polar surface area (TPSA) is 102 Å². The van der Waals surface area contributed by atoms with E-state index in [4.69, 9.17) is 16.7 Å². The number of nitrogens with zero attached hydrogens (tertiary/aromatic N) is 1. The molecule has 1 rings (SSSR count). The van der Waals surface area contributed by atoms with E-state index in [1.807, 2.05) is 0 Å². The molecule has 1 amide bonds. The Morgan fingerprint density at radius 2 is 2.07 bits per heavy atom. The number of carbonyl (C=O) groups excluding carboxylic acids is 1. The molecule has 0 aromatic heterocycles. The van der Waals surface area contributed by atoms with Gasteiger partial charge in [-0.25, -0.2) is 4.39 Å². The summed E-state index contributed by atoms with van der Waals surface area (Å²) < 4.78 is 13.0. The Balaban J connectivity index is 3.28. The summed E-state index contributed by atoms with van der Waals surface area (Å²) in [6.45, 7) is 0. The number of carbonyl (C=O) groups is 1. The summed E-state index contributed by atoms with van der Waals surface area (Å²) in [7, 11) is 0. The van der Waals surface area contributed by atoms with Gasteiger partial charge in [-0.3, -0.25) is 4.79 Å². The first-order valence-electron chi connectivity index (χ1n) is 3.63. The Kier molecular flexibility index (Phi) is 2.66. The fraction of sp³-hybridized carbons (Fsp3) is 0. The van der Waals surface area contributed by atoms with Crippen molar-refractivity contribution in [3.8, 4) is 0 Å². The first-order chi connectivity index (χ1) is 6.56. The van der Waals surface area contributed by atoms with Crippen molar-refractivity contribution in [3.63, 3.8) is 0 Å². The number of primary amides is 1. The smallest absolute Gasteiger partial charge is 0.248 e. The first-order valence-corrected chi connectivity index (χ1v) is 3.63. The number of hydrogen-bond donors (Lipinski definition) is 3. The van der Waals surface area contributed by atoms with Gasteiger partial charge in [0.25, 0.3) is 0 Å². The normalized spacial score (nSPS) is 11.4. The molecule has 0 fully saturated rings. The molecule has 0 aliphatic heterocycles. The molecule has 0 aliphatic carbocycles. The van der Waals surface area contributed by atoms with E-state index in [1.54, 1.807) is 0 Å². The predicted octanol–water partition coefficient (Wildman–Crippen LogP) is 0.0191. The quantitative estimate of drug-likeness (QED) is 0.269. The minimum Gasteiger partial charge on any atom is -0.409 e. The van der Waals surface area contributed by atoms with Gasteiger partial charge in [0.2, 0.25) is 5.91 Å². The Morgan fingerprint density at radius 1 is 1.43 bits per heavy atom. The maximum atomic E-state index is 13.0. The minimum absolute atomic E-state index is 0.0907. The third-order valence-corrected chi connectivity index (χ3v) is 1.63. The van der Waals surface area contributed by atoms with Gasteiger partial charge in [-0.1, -0.05) is 5.16 Å². The molecule has 0 atom stereocenters. The van der Waals surface area contributed by atoms with Gasteiger partial charge in [0.05, 0.1) is 5.56 Å². The first kappa shape index (κ1) is 9.97. The molecule has 0 saturated carbocycles. The van der Waals surface area contributed by atoms with Crippen molar-refractivity contribution in [2.45, 2.75) is 0 Å². The SMILES string of the molecule is NC(=O)c1ccc(F)c(C(N)=NO)c1.